The lowest BCUT2D eigenvalue weighted by Gasteiger charge is -2.08. The van der Waals surface area contributed by atoms with Crippen molar-refractivity contribution in [2.24, 2.45) is 0 Å². The van der Waals surface area contributed by atoms with Crippen molar-refractivity contribution in [2.45, 2.75) is 6.92 Å². The summed E-state index contributed by atoms with van der Waals surface area (Å²) in [5, 5.41) is 3.24. The van der Waals surface area contributed by atoms with Crippen LogP contribution in [0.2, 0.25) is 0 Å². The van der Waals surface area contributed by atoms with Gasteiger partial charge in [-0.1, -0.05) is 6.07 Å². The number of rotatable bonds is 5. The van der Waals surface area contributed by atoms with Gasteiger partial charge in [0.25, 0.3) is 0 Å². The van der Waals surface area contributed by atoms with Gasteiger partial charge in [-0.25, -0.2) is 0 Å². The Morgan fingerprint density at radius 1 is 0.944 bits per heavy atom. The van der Waals surface area contributed by atoms with Crippen molar-refractivity contribution in [3.8, 4) is 17.2 Å². The normalized spacial score (nSPS) is 9.89. The van der Waals surface area contributed by atoms with Gasteiger partial charge in [-0.05, 0) is 43.3 Å². The molecule has 0 atom stereocenters. The second-order valence-electron chi connectivity index (χ2n) is 3.84. The van der Waals surface area contributed by atoms with Crippen LogP contribution < -0.4 is 14.8 Å². The minimum atomic E-state index is 0.769. The molecule has 0 heterocycles. The van der Waals surface area contributed by atoms with Crippen molar-refractivity contribution < 1.29 is 9.47 Å². The predicted octanol–water partition coefficient (Wildman–Crippen LogP) is 3.92. The van der Waals surface area contributed by atoms with Gasteiger partial charge in [0, 0.05) is 18.3 Å². The molecular weight excluding hydrogens is 226 g/mol. The summed E-state index contributed by atoms with van der Waals surface area (Å²) < 4.78 is 10.9. The lowest BCUT2D eigenvalue weighted by Crippen LogP contribution is -1.95. The van der Waals surface area contributed by atoms with Gasteiger partial charge < -0.3 is 14.8 Å². The van der Waals surface area contributed by atoms with Gasteiger partial charge in [-0.3, -0.25) is 0 Å². The third-order valence-corrected chi connectivity index (χ3v) is 2.51. The summed E-state index contributed by atoms with van der Waals surface area (Å²) in [5.74, 6) is 2.37. The van der Waals surface area contributed by atoms with E-state index in [1.54, 1.807) is 7.11 Å². The van der Waals surface area contributed by atoms with Gasteiger partial charge in [0.2, 0.25) is 0 Å². The van der Waals surface area contributed by atoms with Crippen molar-refractivity contribution in [3.05, 3.63) is 48.5 Å². The Morgan fingerprint density at radius 3 is 2.33 bits per heavy atom. The zero-order valence-electron chi connectivity index (χ0n) is 10.6. The monoisotopic (exact) mass is 243 g/mol. The maximum absolute atomic E-state index is 5.75. The molecule has 0 bridgehead atoms. The summed E-state index contributed by atoms with van der Waals surface area (Å²) in [7, 11) is 1.64. The topological polar surface area (TPSA) is 30.5 Å². The molecule has 3 heteroatoms. The molecule has 0 amide bonds. The first-order valence-electron chi connectivity index (χ1n) is 5.97. The molecule has 0 radical (unpaired) electrons. The molecule has 2 rings (SSSR count). The van der Waals surface area contributed by atoms with Crippen LogP contribution in [-0.4, -0.2) is 13.7 Å². The maximum Gasteiger partial charge on any atom is 0.131 e. The van der Waals surface area contributed by atoms with Crippen LogP contribution in [0.25, 0.3) is 0 Å². The smallest absolute Gasteiger partial charge is 0.131 e. The van der Waals surface area contributed by atoms with E-state index in [2.05, 4.69) is 12.2 Å². The van der Waals surface area contributed by atoms with Crippen LogP contribution in [0.3, 0.4) is 0 Å². The van der Waals surface area contributed by atoms with Gasteiger partial charge in [0.15, 0.2) is 0 Å². The third-order valence-electron chi connectivity index (χ3n) is 2.51. The molecule has 0 unspecified atom stereocenters. The number of hydrogen-bond acceptors (Lipinski definition) is 3. The van der Waals surface area contributed by atoms with Crippen LogP contribution in [0.15, 0.2) is 48.5 Å². The molecule has 0 saturated heterocycles. The summed E-state index contributed by atoms with van der Waals surface area (Å²) in [6.45, 7) is 2.98. The minimum absolute atomic E-state index is 0.769. The van der Waals surface area contributed by atoms with E-state index in [-0.39, 0.29) is 0 Å². The SMILES string of the molecule is CCNc1ccc(Oc2cccc(OC)c2)cc1. The van der Waals surface area contributed by atoms with Gasteiger partial charge in [-0.2, -0.15) is 0 Å². The fourth-order valence-electron chi connectivity index (χ4n) is 1.65. The van der Waals surface area contributed by atoms with E-state index in [1.165, 1.54) is 0 Å². The van der Waals surface area contributed by atoms with E-state index in [9.17, 15) is 0 Å². The quantitative estimate of drug-likeness (QED) is 0.863. The van der Waals surface area contributed by atoms with E-state index in [0.29, 0.717) is 0 Å². The summed E-state index contributed by atoms with van der Waals surface area (Å²) >= 11 is 0. The molecule has 2 aromatic rings. The molecule has 94 valence electrons. The highest BCUT2D eigenvalue weighted by Gasteiger charge is 1.99. The second-order valence-corrected chi connectivity index (χ2v) is 3.84. The Kier molecular flexibility index (Phi) is 4.07. The van der Waals surface area contributed by atoms with Gasteiger partial charge in [0.05, 0.1) is 7.11 Å². The molecule has 0 saturated carbocycles. The zero-order chi connectivity index (χ0) is 12.8. The van der Waals surface area contributed by atoms with Crippen LogP contribution in [0.1, 0.15) is 6.92 Å². The highest BCUT2D eigenvalue weighted by Crippen LogP contribution is 2.25. The van der Waals surface area contributed by atoms with Crippen molar-refractivity contribution in [1.29, 1.82) is 0 Å². The first kappa shape index (κ1) is 12.3. The number of ether oxygens (including phenoxy) is 2. The Balaban J connectivity index is 2.08. The van der Waals surface area contributed by atoms with E-state index in [0.717, 1.165) is 29.5 Å². The molecule has 2 aromatic carbocycles. The van der Waals surface area contributed by atoms with Gasteiger partial charge in [0.1, 0.15) is 17.2 Å². The van der Waals surface area contributed by atoms with Crippen LogP contribution >= 0.6 is 0 Å². The molecule has 0 aliphatic rings. The summed E-state index contributed by atoms with van der Waals surface area (Å²) in [6, 6.07) is 15.4. The minimum Gasteiger partial charge on any atom is -0.497 e. The largest absolute Gasteiger partial charge is 0.497 e. The molecular formula is C15H17NO2. The molecule has 0 fully saturated rings. The number of anilines is 1. The Hall–Kier alpha value is -2.16. The third kappa shape index (κ3) is 3.17. The van der Waals surface area contributed by atoms with Crippen molar-refractivity contribution in [1.82, 2.24) is 0 Å². The van der Waals surface area contributed by atoms with Crippen LogP contribution in [0.5, 0.6) is 17.2 Å². The van der Waals surface area contributed by atoms with Crippen LogP contribution in [0.4, 0.5) is 5.69 Å². The van der Waals surface area contributed by atoms with Crippen molar-refractivity contribution in [2.75, 3.05) is 19.0 Å². The number of methoxy groups -OCH3 is 1. The van der Waals surface area contributed by atoms with Gasteiger partial charge in [-0.15, -0.1) is 0 Å². The molecule has 3 nitrogen and oxygen atoms in total. The number of hydrogen-bond donors (Lipinski definition) is 1. The zero-order valence-corrected chi connectivity index (χ0v) is 10.6. The first-order chi connectivity index (χ1) is 8.81. The maximum atomic E-state index is 5.75. The Bertz CT molecular complexity index is 494. The van der Waals surface area contributed by atoms with E-state index in [4.69, 9.17) is 9.47 Å². The Morgan fingerprint density at radius 2 is 1.67 bits per heavy atom. The number of nitrogens with one attached hydrogen (secondary N) is 1. The number of benzene rings is 2. The molecule has 18 heavy (non-hydrogen) atoms. The van der Waals surface area contributed by atoms with Gasteiger partial charge >= 0.3 is 0 Å². The second kappa shape index (κ2) is 5.96. The Labute approximate surface area is 107 Å². The highest BCUT2D eigenvalue weighted by atomic mass is 16.5. The summed E-state index contributed by atoms with van der Waals surface area (Å²) in [5.41, 5.74) is 1.09. The fraction of sp³-hybridized carbons (Fsp3) is 0.200. The molecule has 0 spiro atoms. The lowest BCUT2D eigenvalue weighted by atomic mass is 10.3. The average molecular weight is 243 g/mol. The van der Waals surface area contributed by atoms with E-state index < -0.39 is 0 Å². The molecule has 0 aromatic heterocycles. The first-order valence-corrected chi connectivity index (χ1v) is 5.97. The van der Waals surface area contributed by atoms with E-state index >= 15 is 0 Å². The van der Waals surface area contributed by atoms with Crippen molar-refractivity contribution >= 4 is 5.69 Å². The van der Waals surface area contributed by atoms with Crippen LogP contribution in [-0.2, 0) is 0 Å². The molecule has 1 N–H and O–H groups in total. The standard InChI is InChI=1S/C15H17NO2/c1-3-16-12-7-9-13(10-8-12)18-15-6-4-5-14(11-15)17-2/h4-11,16H,3H2,1-2H3. The van der Waals surface area contributed by atoms with E-state index in [1.807, 2.05) is 48.5 Å². The van der Waals surface area contributed by atoms with Crippen molar-refractivity contribution in [3.63, 3.8) is 0 Å². The predicted molar refractivity (Wildman–Crippen MR) is 73.7 cm³/mol. The van der Waals surface area contributed by atoms with Crippen LogP contribution in [0, 0.1) is 0 Å². The summed E-state index contributed by atoms with van der Waals surface area (Å²) in [6.07, 6.45) is 0. The molecule has 0 aliphatic heterocycles. The average Bonchev–Trinajstić information content (AvgIpc) is 2.42. The summed E-state index contributed by atoms with van der Waals surface area (Å²) in [4.78, 5) is 0. The highest BCUT2D eigenvalue weighted by molar-refractivity contribution is 5.47. The molecule has 0 aliphatic carbocycles. The lowest BCUT2D eigenvalue weighted by molar-refractivity contribution is 0.409. The fourth-order valence-corrected chi connectivity index (χ4v) is 1.65.